The van der Waals surface area contributed by atoms with E-state index in [2.05, 4.69) is 25.3 Å². The van der Waals surface area contributed by atoms with Gasteiger partial charge >= 0.3 is 6.18 Å². The molecule has 6 nitrogen and oxygen atoms in total. The number of imidazole rings is 1. The van der Waals surface area contributed by atoms with Crippen molar-refractivity contribution in [1.82, 2.24) is 24.5 Å². The van der Waals surface area contributed by atoms with E-state index in [1.807, 2.05) is 0 Å². The van der Waals surface area contributed by atoms with Crippen LogP contribution in [0.15, 0.2) is 18.7 Å². The van der Waals surface area contributed by atoms with E-state index in [4.69, 9.17) is 11.6 Å². The predicted octanol–water partition coefficient (Wildman–Crippen LogP) is 2.47. The molecule has 0 spiro atoms. The van der Waals surface area contributed by atoms with Gasteiger partial charge in [-0.1, -0.05) is 0 Å². The van der Waals surface area contributed by atoms with Gasteiger partial charge in [-0.05, 0) is 18.0 Å². The maximum Gasteiger partial charge on any atom is 0.389 e. The fraction of sp³-hybridized carbons (Fsp3) is 0.400. The van der Waals surface area contributed by atoms with Crippen LogP contribution in [-0.4, -0.2) is 37.2 Å². The van der Waals surface area contributed by atoms with E-state index in [1.54, 1.807) is 6.20 Å². The third kappa shape index (κ3) is 4.34. The second kappa shape index (κ2) is 6.04. The Hall–Kier alpha value is -1.90. The summed E-state index contributed by atoms with van der Waals surface area (Å²) in [6.07, 6.45) is -0.493. The van der Waals surface area contributed by atoms with Gasteiger partial charge in [-0.15, -0.1) is 0 Å². The van der Waals surface area contributed by atoms with Gasteiger partial charge in [0.15, 0.2) is 0 Å². The van der Waals surface area contributed by atoms with Gasteiger partial charge in [0.2, 0.25) is 17.2 Å². The second-order valence-corrected chi connectivity index (χ2v) is 4.18. The second-order valence-electron chi connectivity index (χ2n) is 3.84. The molecule has 0 fully saturated rings. The van der Waals surface area contributed by atoms with Gasteiger partial charge in [0.25, 0.3) is 0 Å². The molecule has 10 heteroatoms. The number of alkyl halides is 3. The van der Waals surface area contributed by atoms with Gasteiger partial charge < -0.3 is 5.32 Å². The van der Waals surface area contributed by atoms with Crippen molar-refractivity contribution in [3.05, 3.63) is 24.0 Å². The maximum absolute atomic E-state index is 12.0. The van der Waals surface area contributed by atoms with Gasteiger partial charge in [0.05, 0.1) is 0 Å². The highest BCUT2D eigenvalue weighted by Gasteiger charge is 2.25. The lowest BCUT2D eigenvalue weighted by Crippen LogP contribution is -2.13. The molecule has 0 aliphatic heterocycles. The number of halogens is 4. The monoisotopic (exact) mass is 306 g/mol. The summed E-state index contributed by atoms with van der Waals surface area (Å²) in [5.74, 6) is 0.358. The van der Waals surface area contributed by atoms with Crippen LogP contribution in [0.5, 0.6) is 0 Å². The van der Waals surface area contributed by atoms with Crippen molar-refractivity contribution in [3.63, 3.8) is 0 Å². The van der Waals surface area contributed by atoms with Gasteiger partial charge in [-0.25, -0.2) is 4.98 Å². The summed E-state index contributed by atoms with van der Waals surface area (Å²) in [5.41, 5.74) is 0. The zero-order valence-corrected chi connectivity index (χ0v) is 10.9. The third-order valence-corrected chi connectivity index (χ3v) is 2.42. The molecule has 2 rings (SSSR count). The molecule has 0 aliphatic carbocycles. The standard InChI is InChI=1S/C10H10ClF3N6/c11-7-17-8(16-3-1-2-10(12,13)14)19-9(18-7)20-5-4-15-6-20/h4-6H,1-3H2,(H,16,17,18,19). The fourth-order valence-electron chi connectivity index (χ4n) is 1.40. The van der Waals surface area contributed by atoms with Crippen molar-refractivity contribution in [3.8, 4) is 5.95 Å². The van der Waals surface area contributed by atoms with Gasteiger partial charge in [0, 0.05) is 25.4 Å². The van der Waals surface area contributed by atoms with E-state index in [1.165, 1.54) is 17.1 Å². The zero-order chi connectivity index (χ0) is 14.6. The first-order valence-corrected chi connectivity index (χ1v) is 6.02. The summed E-state index contributed by atoms with van der Waals surface area (Å²) in [7, 11) is 0. The number of nitrogens with one attached hydrogen (secondary N) is 1. The van der Waals surface area contributed by atoms with E-state index in [0.29, 0.717) is 0 Å². The molecule has 0 saturated heterocycles. The minimum atomic E-state index is -4.17. The number of nitrogens with zero attached hydrogens (tertiary/aromatic N) is 5. The largest absolute Gasteiger partial charge is 0.389 e. The Bertz CT molecular complexity index is 557. The van der Waals surface area contributed by atoms with E-state index in [-0.39, 0.29) is 30.1 Å². The lowest BCUT2D eigenvalue weighted by molar-refractivity contribution is -0.134. The Morgan fingerprint density at radius 3 is 2.70 bits per heavy atom. The zero-order valence-electron chi connectivity index (χ0n) is 10.1. The Balaban J connectivity index is 1.98. The van der Waals surface area contributed by atoms with Gasteiger partial charge in [-0.3, -0.25) is 4.57 Å². The molecule has 0 aromatic carbocycles. The SMILES string of the molecule is FC(F)(F)CCCNc1nc(Cl)nc(-n2ccnc2)n1. The molecular formula is C10H10ClF3N6. The first-order valence-electron chi connectivity index (χ1n) is 5.64. The van der Waals surface area contributed by atoms with E-state index in [9.17, 15) is 13.2 Å². The first-order chi connectivity index (χ1) is 9.44. The van der Waals surface area contributed by atoms with Crippen LogP contribution in [0.25, 0.3) is 5.95 Å². The molecular weight excluding hydrogens is 297 g/mol. The van der Waals surface area contributed by atoms with Crippen molar-refractivity contribution in [2.24, 2.45) is 0 Å². The van der Waals surface area contributed by atoms with Crippen molar-refractivity contribution in [1.29, 1.82) is 0 Å². The molecule has 20 heavy (non-hydrogen) atoms. The Kier molecular flexibility index (Phi) is 4.38. The molecule has 0 aliphatic rings. The van der Waals surface area contributed by atoms with Crippen LogP contribution in [0.3, 0.4) is 0 Å². The number of anilines is 1. The summed E-state index contributed by atoms with van der Waals surface area (Å²) in [6.45, 7) is 0.0865. The van der Waals surface area contributed by atoms with Crippen LogP contribution in [0.1, 0.15) is 12.8 Å². The molecule has 2 heterocycles. The minimum absolute atomic E-state index is 0.0537. The van der Waals surface area contributed by atoms with Crippen LogP contribution in [-0.2, 0) is 0 Å². The summed E-state index contributed by atoms with van der Waals surface area (Å²) < 4.78 is 37.5. The van der Waals surface area contributed by atoms with Gasteiger partial charge in [-0.2, -0.15) is 28.1 Å². The lowest BCUT2D eigenvalue weighted by Gasteiger charge is -2.08. The average molecular weight is 307 g/mol. The lowest BCUT2D eigenvalue weighted by atomic mass is 10.3. The number of hydrogen-bond acceptors (Lipinski definition) is 5. The minimum Gasteiger partial charge on any atom is -0.354 e. The highest BCUT2D eigenvalue weighted by atomic mass is 35.5. The van der Waals surface area contributed by atoms with Crippen LogP contribution in [0.2, 0.25) is 5.28 Å². The molecule has 0 radical (unpaired) electrons. The Morgan fingerprint density at radius 1 is 1.25 bits per heavy atom. The smallest absolute Gasteiger partial charge is 0.354 e. The number of aromatic nitrogens is 5. The molecule has 0 atom stereocenters. The molecule has 0 amide bonds. The summed E-state index contributed by atoms with van der Waals surface area (Å²) in [4.78, 5) is 15.6. The molecule has 0 saturated carbocycles. The Labute approximate surface area is 117 Å². The highest BCUT2D eigenvalue weighted by molar-refractivity contribution is 6.28. The molecule has 2 aromatic heterocycles. The van der Waals surface area contributed by atoms with Crippen LogP contribution in [0, 0.1) is 0 Å². The summed E-state index contributed by atoms with van der Waals surface area (Å²) in [5, 5.41) is 2.63. The third-order valence-electron chi connectivity index (χ3n) is 2.25. The highest BCUT2D eigenvalue weighted by Crippen LogP contribution is 2.21. The normalized spacial score (nSPS) is 11.6. The van der Waals surface area contributed by atoms with Crippen molar-refractivity contribution in [2.75, 3.05) is 11.9 Å². The van der Waals surface area contributed by atoms with Crippen LogP contribution in [0.4, 0.5) is 19.1 Å². The molecule has 0 unspecified atom stereocenters. The van der Waals surface area contributed by atoms with Crippen LogP contribution < -0.4 is 5.32 Å². The van der Waals surface area contributed by atoms with E-state index >= 15 is 0 Å². The summed E-state index contributed by atoms with van der Waals surface area (Å²) >= 11 is 5.74. The molecule has 108 valence electrons. The van der Waals surface area contributed by atoms with E-state index < -0.39 is 12.6 Å². The summed E-state index contributed by atoms with van der Waals surface area (Å²) in [6, 6.07) is 0. The average Bonchev–Trinajstić information content (AvgIpc) is 2.86. The van der Waals surface area contributed by atoms with Crippen molar-refractivity contribution >= 4 is 17.5 Å². The predicted molar refractivity (Wildman–Crippen MR) is 65.7 cm³/mol. The maximum atomic E-state index is 12.0. The molecule has 1 N–H and O–H groups in total. The quantitative estimate of drug-likeness (QED) is 0.859. The topological polar surface area (TPSA) is 68.5 Å². The van der Waals surface area contributed by atoms with Crippen LogP contribution >= 0.6 is 11.6 Å². The first kappa shape index (κ1) is 14.5. The number of rotatable bonds is 5. The Morgan fingerprint density at radius 2 is 2.05 bits per heavy atom. The molecule has 2 aromatic rings. The fourth-order valence-corrected chi connectivity index (χ4v) is 1.56. The van der Waals surface area contributed by atoms with Crippen molar-refractivity contribution in [2.45, 2.75) is 19.0 Å². The molecule has 0 bridgehead atoms. The van der Waals surface area contributed by atoms with Gasteiger partial charge in [0.1, 0.15) is 6.33 Å². The number of hydrogen-bond donors (Lipinski definition) is 1. The van der Waals surface area contributed by atoms with Crippen molar-refractivity contribution < 1.29 is 13.2 Å². The van der Waals surface area contributed by atoms with E-state index in [0.717, 1.165) is 0 Å².